The van der Waals surface area contributed by atoms with Crippen LogP contribution in [0.2, 0.25) is 0 Å². The van der Waals surface area contributed by atoms with Crippen LogP contribution in [0.25, 0.3) is 6.08 Å². The number of urea groups is 1. The summed E-state index contributed by atoms with van der Waals surface area (Å²) < 4.78 is 8.47. The Bertz CT molecular complexity index is 1360. The van der Waals surface area contributed by atoms with Gasteiger partial charge in [-0.2, -0.15) is 0 Å². The number of barbiturate groups is 1. The number of hydrogen-bond acceptors (Lipinski definition) is 4. The molecule has 1 heterocycles. The third-order valence-electron chi connectivity index (χ3n) is 5.48. The second-order valence-corrected chi connectivity index (χ2v) is 10.9. The van der Waals surface area contributed by atoms with Crippen LogP contribution in [0.4, 0.5) is 10.5 Å². The number of nitrogens with one attached hydrogen (secondary N) is 1. The third-order valence-corrected chi connectivity index (χ3v) is 7.40. The van der Waals surface area contributed by atoms with Crippen molar-refractivity contribution >= 4 is 84.1 Å². The number of nitrogens with zero attached hydrogens (tertiary/aromatic N) is 1. The summed E-state index contributed by atoms with van der Waals surface area (Å²) in [6, 6.07) is 15.9. The van der Waals surface area contributed by atoms with Crippen LogP contribution >= 0.6 is 54.5 Å². The lowest BCUT2D eigenvalue weighted by Crippen LogP contribution is -2.54. The molecule has 0 aliphatic carbocycles. The van der Waals surface area contributed by atoms with Crippen LogP contribution in [0.1, 0.15) is 22.3 Å². The standard InChI is InChI=1S/C26H19Br2IN2O4/c1-14-3-8-19(9-15(14)2)31-25(33)20(24(32)30-26(31)34)10-17-11-21(28)23(22(29)12-17)35-13-16-4-6-18(27)7-5-16/h3-12H,13H2,1-2H3,(H,30,32,34)/b20-10+. The molecule has 3 aromatic rings. The minimum atomic E-state index is -0.771. The van der Waals surface area contributed by atoms with E-state index in [9.17, 15) is 14.4 Å². The van der Waals surface area contributed by atoms with Crippen molar-refractivity contribution in [2.45, 2.75) is 20.5 Å². The van der Waals surface area contributed by atoms with Crippen LogP contribution < -0.4 is 15.0 Å². The molecule has 0 radical (unpaired) electrons. The molecule has 1 fully saturated rings. The highest BCUT2D eigenvalue weighted by atomic mass is 127. The van der Waals surface area contributed by atoms with Gasteiger partial charge in [0, 0.05) is 4.47 Å². The van der Waals surface area contributed by atoms with Crippen LogP contribution in [0, 0.1) is 17.4 Å². The molecule has 0 bridgehead atoms. The van der Waals surface area contributed by atoms with E-state index in [-0.39, 0.29) is 5.57 Å². The van der Waals surface area contributed by atoms with E-state index in [1.54, 1.807) is 18.2 Å². The molecule has 4 rings (SSSR count). The molecule has 35 heavy (non-hydrogen) atoms. The topological polar surface area (TPSA) is 75.7 Å². The quantitative estimate of drug-likeness (QED) is 0.182. The molecule has 9 heteroatoms. The molecule has 3 aromatic carbocycles. The number of amides is 4. The van der Waals surface area contributed by atoms with Crippen LogP contribution in [0.15, 0.2) is 69.1 Å². The number of ether oxygens (including phenoxy) is 1. The van der Waals surface area contributed by atoms with Gasteiger partial charge in [0.05, 0.1) is 13.7 Å². The van der Waals surface area contributed by atoms with Gasteiger partial charge < -0.3 is 4.74 Å². The molecule has 0 atom stereocenters. The predicted molar refractivity (Wildman–Crippen MR) is 150 cm³/mol. The Kier molecular flexibility index (Phi) is 7.77. The lowest BCUT2D eigenvalue weighted by Gasteiger charge is -2.27. The van der Waals surface area contributed by atoms with Gasteiger partial charge in [0.2, 0.25) is 0 Å². The van der Waals surface area contributed by atoms with Gasteiger partial charge in [0.25, 0.3) is 11.8 Å². The second kappa shape index (κ2) is 10.6. The summed E-state index contributed by atoms with van der Waals surface area (Å²) >= 11 is 9.10. The van der Waals surface area contributed by atoms with Crippen molar-refractivity contribution in [3.8, 4) is 5.75 Å². The van der Waals surface area contributed by atoms with Crippen LogP contribution in [0.5, 0.6) is 5.75 Å². The fraction of sp³-hybridized carbons (Fsp3) is 0.115. The molecular formula is C26H19Br2IN2O4. The van der Waals surface area contributed by atoms with Gasteiger partial charge in [-0.3, -0.25) is 14.9 Å². The van der Waals surface area contributed by atoms with Gasteiger partial charge in [0.1, 0.15) is 17.9 Å². The zero-order valence-corrected chi connectivity index (χ0v) is 24.0. The average Bonchev–Trinajstić information content (AvgIpc) is 2.79. The van der Waals surface area contributed by atoms with Crippen molar-refractivity contribution in [3.05, 3.63) is 94.9 Å². The molecule has 4 amide bonds. The summed E-state index contributed by atoms with van der Waals surface area (Å²) in [4.78, 5) is 39.2. The monoisotopic (exact) mass is 708 g/mol. The maximum atomic E-state index is 13.2. The molecule has 1 saturated heterocycles. The first kappa shape index (κ1) is 25.6. The summed E-state index contributed by atoms with van der Waals surface area (Å²) in [6.45, 7) is 4.22. The van der Waals surface area contributed by atoms with Gasteiger partial charge in [-0.05, 0) is 117 Å². The van der Waals surface area contributed by atoms with E-state index in [2.05, 4.69) is 59.8 Å². The Balaban J connectivity index is 1.61. The van der Waals surface area contributed by atoms with E-state index in [0.717, 1.165) is 29.6 Å². The molecule has 0 aromatic heterocycles. The van der Waals surface area contributed by atoms with Crippen molar-refractivity contribution in [2.75, 3.05) is 4.90 Å². The van der Waals surface area contributed by atoms with E-state index in [1.165, 1.54) is 6.08 Å². The SMILES string of the molecule is Cc1ccc(N2C(=O)NC(=O)/C(=C\c3cc(Br)c(OCc4ccc(Br)cc4)c(I)c3)C2=O)cc1C. The van der Waals surface area contributed by atoms with Gasteiger partial charge in [-0.15, -0.1) is 0 Å². The number of benzene rings is 3. The molecule has 1 aliphatic heterocycles. The normalized spacial score (nSPS) is 14.9. The zero-order valence-electron chi connectivity index (χ0n) is 18.7. The number of carbonyl (C=O) groups is 3. The molecule has 0 saturated carbocycles. The van der Waals surface area contributed by atoms with E-state index < -0.39 is 17.8 Å². The number of rotatable bonds is 5. The Morgan fingerprint density at radius 1 is 0.971 bits per heavy atom. The van der Waals surface area contributed by atoms with Gasteiger partial charge >= 0.3 is 6.03 Å². The smallest absolute Gasteiger partial charge is 0.335 e. The number of halogens is 3. The first-order valence-electron chi connectivity index (χ1n) is 10.5. The van der Waals surface area contributed by atoms with Crippen LogP contribution in [-0.2, 0) is 16.2 Å². The van der Waals surface area contributed by atoms with Crippen LogP contribution in [-0.4, -0.2) is 17.8 Å². The molecule has 0 unspecified atom stereocenters. The molecular weight excluding hydrogens is 691 g/mol. The van der Waals surface area contributed by atoms with Crippen molar-refractivity contribution in [1.29, 1.82) is 0 Å². The minimum absolute atomic E-state index is 0.131. The summed E-state index contributed by atoms with van der Waals surface area (Å²) in [5, 5.41) is 2.26. The predicted octanol–water partition coefficient (Wildman–Crippen LogP) is 6.68. The summed E-state index contributed by atoms with van der Waals surface area (Å²) in [6.07, 6.45) is 1.48. The third kappa shape index (κ3) is 5.68. The highest BCUT2D eigenvalue weighted by Crippen LogP contribution is 2.34. The van der Waals surface area contributed by atoms with E-state index in [4.69, 9.17) is 4.74 Å². The maximum Gasteiger partial charge on any atom is 0.335 e. The average molecular weight is 710 g/mol. The lowest BCUT2D eigenvalue weighted by atomic mass is 10.1. The van der Waals surface area contributed by atoms with E-state index >= 15 is 0 Å². The summed E-state index contributed by atoms with van der Waals surface area (Å²) in [5.41, 5.74) is 3.87. The highest BCUT2D eigenvalue weighted by Gasteiger charge is 2.37. The van der Waals surface area contributed by atoms with Gasteiger partial charge in [0.15, 0.2) is 0 Å². The number of imide groups is 2. The first-order chi connectivity index (χ1) is 16.6. The fourth-order valence-corrected chi connectivity index (χ4v) is 5.49. The Morgan fingerprint density at radius 3 is 2.34 bits per heavy atom. The lowest BCUT2D eigenvalue weighted by molar-refractivity contribution is -0.122. The number of aryl methyl sites for hydroxylation is 2. The van der Waals surface area contributed by atoms with Crippen molar-refractivity contribution in [1.82, 2.24) is 5.32 Å². The number of carbonyl (C=O) groups excluding carboxylic acids is 3. The van der Waals surface area contributed by atoms with Crippen molar-refractivity contribution in [2.24, 2.45) is 0 Å². The number of anilines is 1. The minimum Gasteiger partial charge on any atom is -0.487 e. The van der Waals surface area contributed by atoms with Gasteiger partial charge in [-0.1, -0.05) is 34.1 Å². The second-order valence-electron chi connectivity index (χ2n) is 7.96. The maximum absolute atomic E-state index is 13.2. The first-order valence-corrected chi connectivity index (χ1v) is 13.2. The Morgan fingerprint density at radius 2 is 1.69 bits per heavy atom. The van der Waals surface area contributed by atoms with E-state index in [0.29, 0.717) is 28.1 Å². The fourth-order valence-electron chi connectivity index (χ4n) is 3.46. The highest BCUT2D eigenvalue weighted by molar-refractivity contribution is 14.1. The van der Waals surface area contributed by atoms with E-state index in [1.807, 2.05) is 50.2 Å². The van der Waals surface area contributed by atoms with Crippen molar-refractivity contribution < 1.29 is 19.1 Å². The Hall–Kier alpha value is -2.50. The van der Waals surface area contributed by atoms with Crippen LogP contribution in [0.3, 0.4) is 0 Å². The molecule has 178 valence electrons. The van der Waals surface area contributed by atoms with Crippen molar-refractivity contribution in [3.63, 3.8) is 0 Å². The zero-order chi connectivity index (χ0) is 25.3. The number of hydrogen-bond donors (Lipinski definition) is 1. The summed E-state index contributed by atoms with van der Waals surface area (Å²) in [7, 11) is 0. The molecule has 6 nitrogen and oxygen atoms in total. The summed E-state index contributed by atoms with van der Waals surface area (Å²) in [5.74, 6) is -0.757. The van der Waals surface area contributed by atoms with Gasteiger partial charge in [-0.25, -0.2) is 9.69 Å². The Labute approximate surface area is 233 Å². The molecule has 0 spiro atoms. The molecule has 1 N–H and O–H groups in total. The molecule has 1 aliphatic rings. The largest absolute Gasteiger partial charge is 0.487 e.